The van der Waals surface area contributed by atoms with Crippen molar-refractivity contribution in [2.24, 2.45) is 11.7 Å². The number of nitrogens with one attached hydrogen (secondary N) is 4. The monoisotopic (exact) mass is 1020 g/mol. The Hall–Kier alpha value is -6.31. The summed E-state index contributed by atoms with van der Waals surface area (Å²) in [5.41, 5.74) is 7.76. The van der Waals surface area contributed by atoms with E-state index in [1.165, 1.54) is 18.7 Å². The molecule has 0 unspecified atom stereocenters. The fourth-order valence-electron chi connectivity index (χ4n) is 7.50. The third-order valence-electron chi connectivity index (χ3n) is 11.0. The molecule has 4 atom stereocenters. The van der Waals surface area contributed by atoms with Gasteiger partial charge >= 0.3 is 5.97 Å². The zero-order valence-electron chi connectivity index (χ0n) is 38.3. The fourth-order valence-corrected chi connectivity index (χ4v) is 7.84. The maximum absolute atomic E-state index is 13.8. The smallest absolute Gasteiger partial charge is 0.322 e. The molecule has 1 aliphatic heterocycles. The van der Waals surface area contributed by atoms with Crippen molar-refractivity contribution in [3.63, 3.8) is 0 Å². The number of methoxy groups -OCH3 is 1. The van der Waals surface area contributed by atoms with Gasteiger partial charge in [0.1, 0.15) is 53.8 Å². The molecule has 23 nitrogen and oxygen atoms in total. The molecule has 1 aliphatic carbocycles. The molecule has 3 aromatic heterocycles. The number of piperidine rings is 1. The van der Waals surface area contributed by atoms with Gasteiger partial charge in [0.25, 0.3) is 0 Å². The topological polar surface area (TPSA) is 300 Å². The molecule has 370 valence electrons. The van der Waals surface area contributed by atoms with Gasteiger partial charge in [-0.05, 0) is 70.9 Å². The number of hydrogen-bond acceptors (Lipinski definition) is 17. The molecule has 6 N–H and O–H groups in total. The van der Waals surface area contributed by atoms with Crippen LogP contribution in [0, 0.1) is 5.92 Å². The number of anilines is 1. The van der Waals surface area contributed by atoms with Gasteiger partial charge in [0, 0.05) is 55.8 Å². The minimum atomic E-state index is -0.847. The average molecular weight is 1020 g/mol. The van der Waals surface area contributed by atoms with Gasteiger partial charge in [0.05, 0.1) is 58.8 Å². The van der Waals surface area contributed by atoms with E-state index in [1.807, 2.05) is 6.07 Å². The molecule has 5 amide bonds. The number of ether oxygens (including phenoxy) is 5. The maximum Gasteiger partial charge on any atom is 0.322 e. The first kappa shape index (κ1) is 52.1. The lowest BCUT2D eigenvalue weighted by atomic mass is 10.0. The number of ketones is 1. The molecule has 4 aromatic rings. The number of amides is 5. The lowest BCUT2D eigenvalue weighted by Crippen LogP contribution is -2.46. The molecule has 4 heterocycles. The highest BCUT2D eigenvalue weighted by Gasteiger charge is 2.56. The molecule has 2 aliphatic rings. The molecule has 0 bridgehead atoms. The molecule has 0 radical (unpaired) electrons. The molecule has 24 heteroatoms. The second-order valence-electron chi connectivity index (χ2n) is 16.1. The number of rotatable bonds is 28. The van der Waals surface area contributed by atoms with Crippen molar-refractivity contribution in [2.45, 2.75) is 63.8 Å². The van der Waals surface area contributed by atoms with Gasteiger partial charge in [-0.15, -0.1) is 0 Å². The van der Waals surface area contributed by atoms with Gasteiger partial charge in [-0.3, -0.25) is 38.2 Å². The number of carbonyl (C=O) groups is 7. The lowest BCUT2D eigenvalue weighted by molar-refractivity contribution is -0.142. The van der Waals surface area contributed by atoms with E-state index >= 15 is 0 Å². The number of nitrogens with two attached hydrogens (primary N) is 1. The average Bonchev–Trinajstić information content (AvgIpc) is 3.85. The van der Waals surface area contributed by atoms with Gasteiger partial charge in [-0.1, -0.05) is 12.1 Å². The Bertz CT molecular complexity index is 2460. The zero-order valence-corrected chi connectivity index (χ0v) is 39.9. The first-order valence-electron chi connectivity index (χ1n) is 22.3. The summed E-state index contributed by atoms with van der Waals surface area (Å²) in [6.07, 6.45) is 4.88. The molecule has 1 saturated carbocycles. The van der Waals surface area contributed by atoms with Crippen LogP contribution >= 0.6 is 15.9 Å². The van der Waals surface area contributed by atoms with Crippen LogP contribution in [0.5, 0.6) is 0 Å². The number of carbonyl (C=O) groups excluding carboxylic acids is 7. The van der Waals surface area contributed by atoms with Crippen LogP contribution in [0.2, 0.25) is 0 Å². The van der Waals surface area contributed by atoms with Crippen LogP contribution in [0.4, 0.5) is 5.82 Å². The summed E-state index contributed by atoms with van der Waals surface area (Å²) in [7, 11) is 1.23. The number of esters is 1. The molecule has 6 rings (SSSR count). The minimum absolute atomic E-state index is 0.0167. The third-order valence-corrected chi connectivity index (χ3v) is 11.5. The predicted octanol–water partition coefficient (Wildman–Crippen LogP) is 0.677. The quantitative estimate of drug-likeness (QED) is 0.0226. The molecule has 0 spiro atoms. The number of halogens is 1. The van der Waals surface area contributed by atoms with Crippen molar-refractivity contribution >= 4 is 73.9 Å². The summed E-state index contributed by atoms with van der Waals surface area (Å²) in [4.78, 5) is 102. The van der Waals surface area contributed by atoms with Crippen LogP contribution in [0.1, 0.15) is 48.9 Å². The van der Waals surface area contributed by atoms with E-state index in [2.05, 4.69) is 62.0 Å². The van der Waals surface area contributed by atoms with E-state index in [0.717, 1.165) is 6.42 Å². The van der Waals surface area contributed by atoms with E-state index in [-0.39, 0.29) is 145 Å². The number of likely N-dealkylation sites (tertiary alicyclic amines) is 1. The summed E-state index contributed by atoms with van der Waals surface area (Å²) >= 11 is 3.31. The number of benzene rings is 1. The zero-order chi connectivity index (χ0) is 49.3. The first-order chi connectivity index (χ1) is 33.3. The van der Waals surface area contributed by atoms with E-state index in [0.29, 0.717) is 44.7 Å². The second-order valence-corrected chi connectivity index (χ2v) is 16.9. The minimum Gasteiger partial charge on any atom is -0.468 e. The van der Waals surface area contributed by atoms with Gasteiger partial charge in [-0.2, -0.15) is 5.10 Å². The molecule has 1 saturated heterocycles. The van der Waals surface area contributed by atoms with Crippen molar-refractivity contribution in [1.82, 2.24) is 45.6 Å². The maximum atomic E-state index is 13.8. The van der Waals surface area contributed by atoms with E-state index < -0.39 is 18.1 Å². The second kappa shape index (κ2) is 25.9. The molecule has 2 fully saturated rings. The van der Waals surface area contributed by atoms with E-state index in [1.54, 1.807) is 47.6 Å². The summed E-state index contributed by atoms with van der Waals surface area (Å²) < 4.78 is 28.0. The Balaban J connectivity index is 0.830. The Morgan fingerprint density at radius 3 is 2.16 bits per heavy atom. The number of fused-ring (bicyclic) bond motifs is 2. The SMILES string of the molecule is COC(=O)[C@@H](N)CCC(=O)NCCOCCOCC(=O)NCCOCCOCC(=O)NCc1ncc(-c2ccc3c(c2)c(C(C)=O)nn3CC(=O)N2[C@@H]3C[C@@H]3C[C@H]2C(=O)Nc2cccc(Br)n2)cn1. The van der Waals surface area contributed by atoms with E-state index in [4.69, 9.17) is 24.7 Å². The number of aromatic nitrogens is 5. The predicted molar refractivity (Wildman–Crippen MR) is 249 cm³/mol. The fraction of sp³-hybridized carbons (Fsp3) is 0.489. The number of pyridine rings is 1. The highest BCUT2D eigenvalue weighted by Crippen LogP contribution is 2.48. The molecular formula is C45H56BrN11O12. The van der Waals surface area contributed by atoms with Crippen LogP contribution in [-0.2, 0) is 65.5 Å². The third kappa shape index (κ3) is 15.6. The summed E-state index contributed by atoms with van der Waals surface area (Å²) in [6.45, 7) is 2.71. The Morgan fingerprint density at radius 2 is 1.49 bits per heavy atom. The first-order valence-corrected chi connectivity index (χ1v) is 23.1. The van der Waals surface area contributed by atoms with Crippen molar-refractivity contribution in [3.8, 4) is 11.1 Å². The van der Waals surface area contributed by atoms with Crippen LogP contribution in [0.25, 0.3) is 22.0 Å². The molecule has 1 aromatic carbocycles. The van der Waals surface area contributed by atoms with Crippen LogP contribution in [-0.4, -0.2) is 162 Å². The van der Waals surface area contributed by atoms with Crippen molar-refractivity contribution in [2.75, 3.05) is 78.4 Å². The Kier molecular flexibility index (Phi) is 19.5. The van der Waals surface area contributed by atoms with Crippen molar-refractivity contribution in [3.05, 3.63) is 64.9 Å². The highest BCUT2D eigenvalue weighted by molar-refractivity contribution is 9.10. The van der Waals surface area contributed by atoms with Gasteiger partial charge in [-0.25, -0.2) is 15.0 Å². The van der Waals surface area contributed by atoms with Gasteiger partial charge < -0.3 is 55.6 Å². The van der Waals surface area contributed by atoms with Crippen LogP contribution < -0.4 is 27.0 Å². The Labute approximate surface area is 405 Å². The van der Waals surface area contributed by atoms with Gasteiger partial charge in [0.15, 0.2) is 5.78 Å². The number of Topliss-reactive ketones (excluding diaryl/α,β-unsaturated/α-hetero) is 1. The Morgan fingerprint density at radius 1 is 0.826 bits per heavy atom. The van der Waals surface area contributed by atoms with Crippen molar-refractivity contribution in [1.29, 1.82) is 0 Å². The standard InChI is InChI=1S/C45H56BrN11O12/c1-27(58)43-31-18-28(6-8-33(31)56(55-43)24-42(62)57-34-19-29(34)20-35(57)44(63)54-37-5-3-4-36(46)53-37)30-21-50-38(51-22-30)23-52-41(61)26-69-17-15-67-13-11-49-40(60)25-68-16-14-66-12-10-48-39(59)9-7-32(47)45(64)65-2/h3-6,8,18,21-22,29,32,34-35H,7,9-17,19-20,23-26,47H2,1-2H3,(H,48,59)(H,49,60)(H,52,61)(H,53,54,63)/t29-,32+,34-,35+/m1/s1. The van der Waals surface area contributed by atoms with Crippen LogP contribution in [0.3, 0.4) is 0 Å². The summed E-state index contributed by atoms with van der Waals surface area (Å²) in [5.74, 6) is -1.36. The molecule has 69 heavy (non-hydrogen) atoms. The van der Waals surface area contributed by atoms with E-state index in [9.17, 15) is 33.6 Å². The number of nitrogens with zero attached hydrogens (tertiary/aromatic N) is 6. The molecular weight excluding hydrogens is 966 g/mol. The highest BCUT2D eigenvalue weighted by atomic mass is 79.9. The van der Waals surface area contributed by atoms with Crippen molar-refractivity contribution < 1.29 is 57.2 Å². The summed E-state index contributed by atoms with van der Waals surface area (Å²) in [6, 6.07) is 9.10. The van der Waals surface area contributed by atoms with Crippen LogP contribution in [0.15, 0.2) is 53.4 Å². The largest absolute Gasteiger partial charge is 0.468 e. The normalized spacial score (nSPS) is 16.3. The lowest BCUT2D eigenvalue weighted by Gasteiger charge is -2.26. The van der Waals surface area contributed by atoms with Gasteiger partial charge in [0.2, 0.25) is 29.5 Å². The summed E-state index contributed by atoms with van der Waals surface area (Å²) in [5, 5.41) is 15.9. The number of hydrogen-bond donors (Lipinski definition) is 5.